The number of carbonyl (C=O) groups is 1. The zero-order chi connectivity index (χ0) is 16.6. The van der Waals surface area contributed by atoms with Crippen molar-refractivity contribution in [3.8, 4) is 0 Å². The molecule has 1 aliphatic heterocycles. The highest BCUT2D eigenvalue weighted by Crippen LogP contribution is 2.26. The molecular formula is C15H23N7O. The smallest absolute Gasteiger partial charge is 0.319 e. The van der Waals surface area contributed by atoms with Gasteiger partial charge in [0.1, 0.15) is 12.1 Å². The van der Waals surface area contributed by atoms with Gasteiger partial charge in [-0.2, -0.15) is 5.10 Å². The van der Waals surface area contributed by atoms with Gasteiger partial charge in [0.15, 0.2) is 5.65 Å². The molecule has 8 heteroatoms. The number of piperidine rings is 1. The lowest BCUT2D eigenvalue weighted by Gasteiger charge is -2.38. The predicted octanol–water partition coefficient (Wildman–Crippen LogP) is 0.945. The topological polar surface area (TPSA) is 70.4 Å². The summed E-state index contributed by atoms with van der Waals surface area (Å²) in [6, 6.07) is 0.326. The van der Waals surface area contributed by atoms with Crippen molar-refractivity contribution in [2.75, 3.05) is 39.1 Å². The number of hydrogen-bond donors (Lipinski definition) is 0. The molecule has 124 valence electrons. The second kappa shape index (κ2) is 6.02. The normalized spacial score (nSPS) is 15.9. The number of hydrogen-bond acceptors (Lipinski definition) is 5. The molecule has 8 nitrogen and oxygen atoms in total. The van der Waals surface area contributed by atoms with Gasteiger partial charge in [-0.25, -0.2) is 14.8 Å². The molecule has 23 heavy (non-hydrogen) atoms. The third kappa shape index (κ3) is 2.80. The Morgan fingerprint density at radius 3 is 2.57 bits per heavy atom. The lowest BCUT2D eigenvalue weighted by Crippen LogP contribution is -2.48. The van der Waals surface area contributed by atoms with E-state index in [4.69, 9.17) is 0 Å². The second-order valence-electron chi connectivity index (χ2n) is 6.21. The number of urea groups is 1. The van der Waals surface area contributed by atoms with Gasteiger partial charge in [-0.3, -0.25) is 4.68 Å². The zero-order valence-electron chi connectivity index (χ0n) is 14.1. The average molecular weight is 317 g/mol. The van der Waals surface area contributed by atoms with Crippen LogP contribution >= 0.6 is 0 Å². The van der Waals surface area contributed by atoms with E-state index < -0.39 is 0 Å². The van der Waals surface area contributed by atoms with Gasteiger partial charge >= 0.3 is 6.03 Å². The minimum Gasteiger partial charge on any atom is -0.356 e. The molecule has 2 aromatic heterocycles. The third-order valence-electron chi connectivity index (χ3n) is 4.50. The summed E-state index contributed by atoms with van der Waals surface area (Å²) >= 11 is 0. The van der Waals surface area contributed by atoms with E-state index in [0.29, 0.717) is 0 Å². The van der Waals surface area contributed by atoms with E-state index in [1.165, 1.54) is 0 Å². The van der Waals surface area contributed by atoms with Gasteiger partial charge in [0.25, 0.3) is 0 Å². The number of aryl methyl sites for hydroxylation is 1. The fourth-order valence-corrected chi connectivity index (χ4v) is 3.14. The summed E-state index contributed by atoms with van der Waals surface area (Å²) in [5.74, 6) is 0.933. The molecule has 1 fully saturated rings. The van der Waals surface area contributed by atoms with E-state index in [-0.39, 0.29) is 12.1 Å². The molecule has 1 saturated heterocycles. The molecular weight excluding hydrogens is 294 g/mol. The number of amides is 2. The molecule has 1 aliphatic rings. The van der Waals surface area contributed by atoms with Crippen molar-refractivity contribution in [1.29, 1.82) is 0 Å². The summed E-state index contributed by atoms with van der Waals surface area (Å²) in [6.07, 6.45) is 5.27. The van der Waals surface area contributed by atoms with E-state index in [1.807, 2.05) is 25.2 Å². The monoisotopic (exact) mass is 317 g/mol. The Hall–Kier alpha value is -2.38. The van der Waals surface area contributed by atoms with Crippen LogP contribution in [0.1, 0.15) is 12.8 Å². The van der Waals surface area contributed by atoms with Crippen molar-refractivity contribution < 1.29 is 4.79 Å². The van der Waals surface area contributed by atoms with Gasteiger partial charge < -0.3 is 14.7 Å². The van der Waals surface area contributed by atoms with E-state index >= 15 is 0 Å². The van der Waals surface area contributed by atoms with Gasteiger partial charge in [0.05, 0.1) is 11.6 Å². The SMILES string of the molecule is CN(C)C(=O)N(C)C1CCN(c2ncnc3c2cnn3C)CC1. The Labute approximate surface area is 135 Å². The van der Waals surface area contributed by atoms with Crippen molar-refractivity contribution in [1.82, 2.24) is 29.5 Å². The Kier molecular flexibility index (Phi) is 4.06. The van der Waals surface area contributed by atoms with Crippen LogP contribution < -0.4 is 4.90 Å². The van der Waals surface area contributed by atoms with Gasteiger partial charge in [0, 0.05) is 47.3 Å². The first-order valence-electron chi connectivity index (χ1n) is 7.81. The molecule has 2 aromatic rings. The Morgan fingerprint density at radius 2 is 1.91 bits per heavy atom. The van der Waals surface area contributed by atoms with E-state index in [9.17, 15) is 4.79 Å². The van der Waals surface area contributed by atoms with Gasteiger partial charge in [-0.15, -0.1) is 0 Å². The molecule has 0 spiro atoms. The molecule has 0 aromatic carbocycles. The summed E-state index contributed by atoms with van der Waals surface area (Å²) < 4.78 is 1.76. The Balaban J connectivity index is 1.72. The largest absolute Gasteiger partial charge is 0.356 e. The fourth-order valence-electron chi connectivity index (χ4n) is 3.14. The van der Waals surface area contributed by atoms with Crippen LogP contribution in [0.3, 0.4) is 0 Å². The van der Waals surface area contributed by atoms with Gasteiger partial charge in [-0.05, 0) is 12.8 Å². The van der Waals surface area contributed by atoms with E-state index in [1.54, 1.807) is 30.0 Å². The molecule has 0 saturated carbocycles. The first-order valence-corrected chi connectivity index (χ1v) is 7.81. The van der Waals surface area contributed by atoms with Crippen LogP contribution in [0.4, 0.5) is 10.6 Å². The molecule has 0 bridgehead atoms. The maximum atomic E-state index is 12.1. The highest BCUT2D eigenvalue weighted by molar-refractivity contribution is 5.86. The number of nitrogens with zero attached hydrogens (tertiary/aromatic N) is 7. The van der Waals surface area contributed by atoms with Crippen LogP contribution in [-0.2, 0) is 7.05 Å². The zero-order valence-corrected chi connectivity index (χ0v) is 14.1. The molecule has 0 aliphatic carbocycles. The van der Waals surface area contributed by atoms with E-state index in [2.05, 4.69) is 20.0 Å². The molecule has 3 heterocycles. The minimum atomic E-state index is 0.0557. The van der Waals surface area contributed by atoms with Crippen LogP contribution in [0, 0.1) is 0 Å². The number of anilines is 1. The molecule has 0 radical (unpaired) electrons. The van der Waals surface area contributed by atoms with Crippen LogP contribution in [0.15, 0.2) is 12.5 Å². The van der Waals surface area contributed by atoms with Crippen molar-refractivity contribution >= 4 is 22.9 Å². The number of aromatic nitrogens is 4. The molecule has 2 amide bonds. The van der Waals surface area contributed by atoms with Crippen LogP contribution in [0.5, 0.6) is 0 Å². The maximum Gasteiger partial charge on any atom is 0.319 e. The molecule has 3 rings (SSSR count). The number of fused-ring (bicyclic) bond motifs is 1. The average Bonchev–Trinajstić information content (AvgIpc) is 2.95. The quantitative estimate of drug-likeness (QED) is 0.824. The summed E-state index contributed by atoms with van der Waals surface area (Å²) in [5, 5.41) is 5.24. The van der Waals surface area contributed by atoms with Crippen LogP contribution in [-0.4, -0.2) is 75.9 Å². The van der Waals surface area contributed by atoms with Crippen LogP contribution in [0.25, 0.3) is 11.0 Å². The Morgan fingerprint density at radius 1 is 1.22 bits per heavy atom. The lowest BCUT2D eigenvalue weighted by molar-refractivity contribution is 0.155. The molecule has 0 unspecified atom stereocenters. The summed E-state index contributed by atoms with van der Waals surface area (Å²) in [5.41, 5.74) is 0.844. The highest BCUT2D eigenvalue weighted by Gasteiger charge is 2.27. The predicted molar refractivity (Wildman–Crippen MR) is 88.4 cm³/mol. The van der Waals surface area contributed by atoms with Gasteiger partial charge in [-0.1, -0.05) is 0 Å². The fraction of sp³-hybridized carbons (Fsp3) is 0.600. The maximum absolute atomic E-state index is 12.1. The second-order valence-corrected chi connectivity index (χ2v) is 6.21. The lowest BCUT2D eigenvalue weighted by atomic mass is 10.0. The minimum absolute atomic E-state index is 0.0557. The first-order chi connectivity index (χ1) is 11.0. The Bertz CT molecular complexity index is 703. The van der Waals surface area contributed by atoms with E-state index in [0.717, 1.165) is 42.8 Å². The summed E-state index contributed by atoms with van der Waals surface area (Å²) in [7, 11) is 7.34. The number of carbonyl (C=O) groups excluding carboxylic acids is 1. The highest BCUT2D eigenvalue weighted by atomic mass is 16.2. The van der Waals surface area contributed by atoms with Crippen molar-refractivity contribution in [3.63, 3.8) is 0 Å². The standard InChI is InChI=1S/C15H23N7O/c1-19(2)15(23)20(3)11-5-7-22(8-6-11)14-12-9-18-21(4)13(12)16-10-17-14/h9-11H,5-8H2,1-4H3. The van der Waals surface area contributed by atoms with Crippen LogP contribution in [0.2, 0.25) is 0 Å². The molecule has 0 N–H and O–H groups in total. The van der Waals surface area contributed by atoms with Crippen molar-refractivity contribution in [2.45, 2.75) is 18.9 Å². The number of rotatable bonds is 2. The van der Waals surface area contributed by atoms with Gasteiger partial charge in [0.2, 0.25) is 0 Å². The summed E-state index contributed by atoms with van der Waals surface area (Å²) in [6.45, 7) is 1.74. The third-order valence-corrected chi connectivity index (χ3v) is 4.50. The molecule has 0 atom stereocenters. The first kappa shape index (κ1) is 15.5. The van der Waals surface area contributed by atoms with Crippen molar-refractivity contribution in [3.05, 3.63) is 12.5 Å². The van der Waals surface area contributed by atoms with Crippen molar-refractivity contribution in [2.24, 2.45) is 7.05 Å². The summed E-state index contributed by atoms with van der Waals surface area (Å²) in [4.78, 5) is 26.5.